The molecule has 1 fully saturated rings. The minimum absolute atomic E-state index is 0.0561. The Balaban J connectivity index is 1.57. The van der Waals surface area contributed by atoms with E-state index in [-0.39, 0.29) is 5.60 Å². The zero-order valence-corrected chi connectivity index (χ0v) is 16.3. The lowest BCUT2D eigenvalue weighted by atomic mass is 10.1. The highest BCUT2D eigenvalue weighted by molar-refractivity contribution is 5.35. The molecule has 1 heterocycles. The lowest BCUT2D eigenvalue weighted by molar-refractivity contribution is 0.201. The first-order valence-corrected chi connectivity index (χ1v) is 10.2. The van der Waals surface area contributed by atoms with E-state index < -0.39 is 0 Å². The van der Waals surface area contributed by atoms with Crippen molar-refractivity contribution < 1.29 is 9.47 Å². The molecule has 2 rings (SSSR count). The van der Waals surface area contributed by atoms with Crippen LogP contribution in [0.25, 0.3) is 0 Å². The fourth-order valence-electron chi connectivity index (χ4n) is 2.97. The Bertz CT molecular complexity index is 503. The summed E-state index contributed by atoms with van der Waals surface area (Å²) >= 11 is 0. The van der Waals surface area contributed by atoms with Crippen molar-refractivity contribution in [2.24, 2.45) is 0 Å². The van der Waals surface area contributed by atoms with Crippen molar-refractivity contribution in [3.63, 3.8) is 0 Å². The molecule has 1 unspecified atom stereocenters. The average molecular weight is 345 g/mol. The van der Waals surface area contributed by atoms with Gasteiger partial charge in [0, 0.05) is 0 Å². The third-order valence-corrected chi connectivity index (χ3v) is 4.87. The highest BCUT2D eigenvalue weighted by atomic mass is 16.6. The number of unbranched alkanes of at least 4 members (excludes halogenated alkanes) is 8. The van der Waals surface area contributed by atoms with Crippen molar-refractivity contribution in [1.82, 2.24) is 0 Å². The second kappa shape index (κ2) is 11.4. The number of hydrogen-bond acceptors (Lipinski definition) is 2. The van der Waals surface area contributed by atoms with E-state index in [2.05, 4.69) is 44.2 Å². The van der Waals surface area contributed by atoms with Gasteiger partial charge in [0.25, 0.3) is 0 Å². The van der Waals surface area contributed by atoms with E-state index in [0.717, 1.165) is 18.8 Å². The topological polar surface area (TPSA) is 21.8 Å². The molecular formula is C23H36O2. The summed E-state index contributed by atoms with van der Waals surface area (Å²) in [6.07, 6.45) is 17.9. The Labute approximate surface area is 154 Å². The lowest BCUT2D eigenvalue weighted by Crippen LogP contribution is -2.17. The first-order chi connectivity index (χ1) is 12.2. The van der Waals surface area contributed by atoms with Gasteiger partial charge in [0.15, 0.2) is 0 Å². The van der Waals surface area contributed by atoms with Crippen LogP contribution in [0, 0.1) is 0 Å². The molecule has 2 heteroatoms. The second-order valence-electron chi connectivity index (χ2n) is 7.57. The van der Waals surface area contributed by atoms with Gasteiger partial charge in [-0.3, -0.25) is 0 Å². The van der Waals surface area contributed by atoms with Gasteiger partial charge in [0.1, 0.15) is 18.0 Å². The SMILES string of the molecule is CCCCCCCCCC/C=C/Cc1ccccc1OCC1(C)CO1. The van der Waals surface area contributed by atoms with Gasteiger partial charge in [-0.25, -0.2) is 0 Å². The normalized spacial score (nSPS) is 19.4. The first-order valence-electron chi connectivity index (χ1n) is 10.2. The van der Waals surface area contributed by atoms with Crippen LogP contribution in [0.2, 0.25) is 0 Å². The van der Waals surface area contributed by atoms with Gasteiger partial charge >= 0.3 is 0 Å². The molecule has 1 saturated heterocycles. The molecule has 2 nitrogen and oxygen atoms in total. The molecule has 1 aliphatic rings. The van der Waals surface area contributed by atoms with Crippen molar-refractivity contribution in [3.8, 4) is 5.75 Å². The number of epoxide rings is 1. The minimum Gasteiger partial charge on any atom is -0.490 e. The quantitative estimate of drug-likeness (QED) is 0.219. The van der Waals surface area contributed by atoms with Crippen LogP contribution in [0.5, 0.6) is 5.75 Å². The maximum atomic E-state index is 5.96. The third kappa shape index (κ3) is 8.58. The molecule has 1 aromatic carbocycles. The van der Waals surface area contributed by atoms with Crippen molar-refractivity contribution in [3.05, 3.63) is 42.0 Å². The number of rotatable bonds is 14. The van der Waals surface area contributed by atoms with Crippen LogP contribution in [0.15, 0.2) is 36.4 Å². The number of para-hydroxylation sites is 1. The highest BCUT2D eigenvalue weighted by Crippen LogP contribution is 2.28. The molecule has 1 atom stereocenters. The zero-order valence-electron chi connectivity index (χ0n) is 16.3. The number of ether oxygens (including phenoxy) is 2. The first kappa shape index (κ1) is 20.0. The molecule has 25 heavy (non-hydrogen) atoms. The lowest BCUT2D eigenvalue weighted by Gasteiger charge is -2.12. The fourth-order valence-corrected chi connectivity index (χ4v) is 2.97. The summed E-state index contributed by atoms with van der Waals surface area (Å²) < 4.78 is 11.3. The minimum atomic E-state index is -0.0561. The smallest absolute Gasteiger partial charge is 0.123 e. The maximum absolute atomic E-state index is 5.96. The van der Waals surface area contributed by atoms with Crippen LogP contribution in [-0.2, 0) is 11.2 Å². The number of benzene rings is 1. The summed E-state index contributed by atoms with van der Waals surface area (Å²) in [5, 5.41) is 0. The van der Waals surface area contributed by atoms with Gasteiger partial charge in [0.2, 0.25) is 0 Å². The predicted molar refractivity (Wildman–Crippen MR) is 106 cm³/mol. The van der Waals surface area contributed by atoms with Crippen LogP contribution in [0.3, 0.4) is 0 Å². The van der Waals surface area contributed by atoms with Crippen LogP contribution in [0.4, 0.5) is 0 Å². The Kier molecular flexibility index (Phi) is 9.10. The van der Waals surface area contributed by atoms with Gasteiger partial charge in [-0.05, 0) is 37.8 Å². The standard InChI is InChI=1S/C23H36O2/c1-3-4-5-6-7-8-9-10-11-12-13-16-21-17-14-15-18-22(21)24-19-23(2)20-25-23/h12-15,17-18H,3-11,16,19-20H2,1-2H3/b13-12+. The summed E-state index contributed by atoms with van der Waals surface area (Å²) in [5.41, 5.74) is 1.21. The third-order valence-electron chi connectivity index (χ3n) is 4.87. The molecule has 1 aliphatic heterocycles. The second-order valence-corrected chi connectivity index (χ2v) is 7.57. The van der Waals surface area contributed by atoms with Gasteiger partial charge in [-0.2, -0.15) is 0 Å². The largest absolute Gasteiger partial charge is 0.490 e. The molecule has 0 N–H and O–H groups in total. The fraction of sp³-hybridized carbons (Fsp3) is 0.652. The Hall–Kier alpha value is -1.28. The molecule has 0 radical (unpaired) electrons. The maximum Gasteiger partial charge on any atom is 0.123 e. The Morgan fingerprint density at radius 2 is 1.68 bits per heavy atom. The number of hydrogen-bond donors (Lipinski definition) is 0. The molecule has 0 spiro atoms. The summed E-state index contributed by atoms with van der Waals surface area (Å²) in [4.78, 5) is 0. The van der Waals surface area contributed by atoms with Gasteiger partial charge in [-0.15, -0.1) is 0 Å². The van der Waals surface area contributed by atoms with E-state index in [1.54, 1.807) is 0 Å². The van der Waals surface area contributed by atoms with Crippen molar-refractivity contribution in [1.29, 1.82) is 0 Å². The van der Waals surface area contributed by atoms with E-state index in [1.165, 1.54) is 63.4 Å². The van der Waals surface area contributed by atoms with Gasteiger partial charge in [-0.1, -0.05) is 82.2 Å². The molecule has 0 aliphatic carbocycles. The van der Waals surface area contributed by atoms with Gasteiger partial charge in [0.05, 0.1) is 6.61 Å². The summed E-state index contributed by atoms with van der Waals surface area (Å²) in [6, 6.07) is 8.35. The summed E-state index contributed by atoms with van der Waals surface area (Å²) in [6.45, 7) is 5.83. The van der Waals surface area contributed by atoms with Crippen molar-refractivity contribution in [2.75, 3.05) is 13.2 Å². The monoisotopic (exact) mass is 344 g/mol. The van der Waals surface area contributed by atoms with E-state index in [9.17, 15) is 0 Å². The Morgan fingerprint density at radius 1 is 1.00 bits per heavy atom. The average Bonchev–Trinajstić information content (AvgIpc) is 3.36. The van der Waals surface area contributed by atoms with Crippen LogP contribution >= 0.6 is 0 Å². The van der Waals surface area contributed by atoms with E-state index in [4.69, 9.17) is 9.47 Å². The van der Waals surface area contributed by atoms with Crippen LogP contribution in [0.1, 0.15) is 77.2 Å². The molecular weight excluding hydrogens is 308 g/mol. The molecule has 0 aromatic heterocycles. The van der Waals surface area contributed by atoms with Crippen LogP contribution < -0.4 is 4.74 Å². The van der Waals surface area contributed by atoms with E-state index in [1.807, 2.05) is 6.07 Å². The zero-order chi connectivity index (χ0) is 17.8. The number of allylic oxidation sites excluding steroid dienone is 2. The highest BCUT2D eigenvalue weighted by Gasteiger charge is 2.40. The summed E-state index contributed by atoms with van der Waals surface area (Å²) in [7, 11) is 0. The predicted octanol–water partition coefficient (Wildman–Crippen LogP) is 6.48. The molecule has 0 amide bonds. The van der Waals surface area contributed by atoms with Crippen molar-refractivity contribution >= 4 is 0 Å². The van der Waals surface area contributed by atoms with Crippen molar-refractivity contribution in [2.45, 2.75) is 83.7 Å². The van der Waals surface area contributed by atoms with Gasteiger partial charge < -0.3 is 9.47 Å². The summed E-state index contributed by atoms with van der Waals surface area (Å²) in [5.74, 6) is 0.996. The molecule has 140 valence electrons. The van der Waals surface area contributed by atoms with E-state index in [0.29, 0.717) is 6.61 Å². The molecule has 1 aromatic rings. The molecule has 0 bridgehead atoms. The van der Waals surface area contributed by atoms with Crippen LogP contribution in [-0.4, -0.2) is 18.8 Å². The Morgan fingerprint density at radius 3 is 2.40 bits per heavy atom. The molecule has 0 saturated carbocycles. The van der Waals surface area contributed by atoms with E-state index >= 15 is 0 Å².